The van der Waals surface area contributed by atoms with Crippen molar-refractivity contribution in [1.29, 1.82) is 0 Å². The van der Waals surface area contributed by atoms with E-state index in [1.807, 2.05) is 27.7 Å². The molecule has 0 aromatic rings. The van der Waals surface area contributed by atoms with Gasteiger partial charge in [-0.2, -0.15) is 0 Å². The van der Waals surface area contributed by atoms with Gasteiger partial charge in [0.25, 0.3) is 0 Å². The molecule has 0 aromatic heterocycles. The molecular weight excluding hydrogens is 272 g/mol. The highest BCUT2D eigenvalue weighted by atomic mass is 16.9. The molecule has 0 spiro atoms. The Kier molecular flexibility index (Phi) is 3.86. The quantitative estimate of drug-likeness (QED) is 0.747. The van der Waals surface area contributed by atoms with Crippen LogP contribution in [0.5, 0.6) is 0 Å². The van der Waals surface area contributed by atoms with E-state index in [-0.39, 0.29) is 18.3 Å². The summed E-state index contributed by atoms with van der Waals surface area (Å²) in [7, 11) is 0. The molecule has 4 unspecified atom stereocenters. The van der Waals surface area contributed by atoms with Crippen LogP contribution in [0.3, 0.4) is 0 Å². The van der Waals surface area contributed by atoms with Crippen LogP contribution in [0.2, 0.25) is 0 Å². The van der Waals surface area contributed by atoms with Gasteiger partial charge in [0.05, 0.1) is 6.61 Å². The molecule has 0 aromatic carbocycles. The van der Waals surface area contributed by atoms with E-state index >= 15 is 0 Å². The van der Waals surface area contributed by atoms with E-state index in [4.69, 9.17) is 23.7 Å². The highest BCUT2D eigenvalue weighted by molar-refractivity contribution is 5.04. The Morgan fingerprint density at radius 3 is 2.43 bits per heavy atom. The van der Waals surface area contributed by atoms with Gasteiger partial charge in [-0.3, -0.25) is 0 Å². The van der Waals surface area contributed by atoms with Crippen molar-refractivity contribution in [3.05, 3.63) is 0 Å². The lowest BCUT2D eigenvalue weighted by Gasteiger charge is -2.38. The monoisotopic (exact) mass is 300 g/mol. The van der Waals surface area contributed by atoms with Crippen LogP contribution in [0.4, 0.5) is 0 Å². The van der Waals surface area contributed by atoms with Crippen LogP contribution in [-0.4, -0.2) is 42.3 Å². The van der Waals surface area contributed by atoms with Crippen LogP contribution in [0.1, 0.15) is 60.3 Å². The number of fused-ring (bicyclic) bond motifs is 3. The molecular formula is C16H28O5. The van der Waals surface area contributed by atoms with E-state index in [0.29, 0.717) is 6.61 Å². The molecule has 0 N–H and O–H groups in total. The van der Waals surface area contributed by atoms with Gasteiger partial charge in [0, 0.05) is 6.42 Å². The van der Waals surface area contributed by atoms with Crippen molar-refractivity contribution in [2.75, 3.05) is 6.61 Å². The van der Waals surface area contributed by atoms with Crippen molar-refractivity contribution in [2.24, 2.45) is 0 Å². The molecule has 5 nitrogen and oxygen atoms in total. The topological polar surface area (TPSA) is 46.2 Å². The van der Waals surface area contributed by atoms with Crippen molar-refractivity contribution in [2.45, 2.75) is 96.0 Å². The molecule has 0 radical (unpaired) electrons. The molecule has 122 valence electrons. The molecule has 3 aliphatic heterocycles. The Balaban J connectivity index is 1.80. The Hall–Kier alpha value is -0.200. The maximum absolute atomic E-state index is 6.26. The zero-order valence-electron chi connectivity index (χ0n) is 13.8. The first-order valence-corrected chi connectivity index (χ1v) is 8.14. The fourth-order valence-electron chi connectivity index (χ4n) is 3.61. The third-order valence-corrected chi connectivity index (χ3v) is 4.42. The van der Waals surface area contributed by atoms with E-state index in [9.17, 15) is 0 Å². The lowest BCUT2D eigenvalue weighted by atomic mass is 9.99. The maximum atomic E-state index is 6.26. The predicted octanol–water partition coefficient (Wildman–Crippen LogP) is 2.96. The van der Waals surface area contributed by atoms with Gasteiger partial charge in [-0.05, 0) is 34.1 Å². The number of hydrogen-bond donors (Lipinski definition) is 0. The fourth-order valence-corrected chi connectivity index (χ4v) is 3.61. The standard InChI is InChI=1S/C16H28O5/c1-6-7-8-9-16-13(20-15(4,5)21-16)12-11(18-16)10-17-14(2,3)19-12/h11-13H,6-10H2,1-5H3. The Morgan fingerprint density at radius 2 is 1.71 bits per heavy atom. The second-order valence-electron chi connectivity index (χ2n) is 7.26. The Bertz CT molecular complexity index is 394. The second kappa shape index (κ2) is 5.17. The maximum Gasteiger partial charge on any atom is 0.201 e. The molecule has 4 atom stereocenters. The van der Waals surface area contributed by atoms with Crippen LogP contribution < -0.4 is 0 Å². The van der Waals surface area contributed by atoms with E-state index in [2.05, 4.69) is 6.92 Å². The summed E-state index contributed by atoms with van der Waals surface area (Å²) in [5.74, 6) is -1.91. The van der Waals surface area contributed by atoms with Crippen molar-refractivity contribution < 1.29 is 23.7 Å². The smallest absolute Gasteiger partial charge is 0.201 e. The summed E-state index contributed by atoms with van der Waals surface area (Å²) in [5.41, 5.74) is 0. The summed E-state index contributed by atoms with van der Waals surface area (Å²) < 4.78 is 30.4. The van der Waals surface area contributed by atoms with Crippen LogP contribution in [0.25, 0.3) is 0 Å². The van der Waals surface area contributed by atoms with Gasteiger partial charge in [-0.1, -0.05) is 19.8 Å². The van der Waals surface area contributed by atoms with Crippen molar-refractivity contribution >= 4 is 0 Å². The molecule has 0 saturated carbocycles. The Morgan fingerprint density at radius 1 is 0.952 bits per heavy atom. The number of ether oxygens (including phenoxy) is 5. The highest BCUT2D eigenvalue weighted by Gasteiger charge is 2.66. The minimum absolute atomic E-state index is 0.110. The van der Waals surface area contributed by atoms with Gasteiger partial charge < -0.3 is 23.7 Å². The summed E-state index contributed by atoms with van der Waals surface area (Å²) >= 11 is 0. The third kappa shape index (κ3) is 2.86. The lowest BCUT2D eigenvalue weighted by molar-refractivity contribution is -0.328. The third-order valence-electron chi connectivity index (χ3n) is 4.42. The molecule has 0 bridgehead atoms. The first-order chi connectivity index (χ1) is 9.77. The van der Waals surface area contributed by atoms with Crippen LogP contribution in [0.15, 0.2) is 0 Å². The van der Waals surface area contributed by atoms with Gasteiger partial charge >= 0.3 is 0 Å². The van der Waals surface area contributed by atoms with Gasteiger partial charge in [-0.25, -0.2) is 0 Å². The molecule has 3 aliphatic rings. The van der Waals surface area contributed by atoms with E-state index in [0.717, 1.165) is 12.8 Å². The number of unbranched alkanes of at least 4 members (excludes halogenated alkanes) is 2. The average Bonchev–Trinajstić information content (AvgIpc) is 2.77. The molecule has 0 amide bonds. The van der Waals surface area contributed by atoms with E-state index < -0.39 is 17.4 Å². The zero-order valence-corrected chi connectivity index (χ0v) is 13.8. The van der Waals surface area contributed by atoms with E-state index in [1.54, 1.807) is 0 Å². The van der Waals surface area contributed by atoms with E-state index in [1.165, 1.54) is 12.8 Å². The van der Waals surface area contributed by atoms with Crippen molar-refractivity contribution in [3.63, 3.8) is 0 Å². The predicted molar refractivity (Wildman–Crippen MR) is 76.7 cm³/mol. The molecule has 3 fully saturated rings. The Labute approximate surface area is 127 Å². The minimum atomic E-state index is -0.683. The summed E-state index contributed by atoms with van der Waals surface area (Å²) in [4.78, 5) is 0. The van der Waals surface area contributed by atoms with Gasteiger partial charge in [0.1, 0.15) is 18.3 Å². The molecule has 3 rings (SSSR count). The fraction of sp³-hybridized carbons (Fsp3) is 1.00. The summed E-state index contributed by atoms with van der Waals surface area (Å²) in [6, 6.07) is 0. The summed E-state index contributed by atoms with van der Waals surface area (Å²) in [6.45, 7) is 10.5. The zero-order chi connectivity index (χ0) is 15.3. The highest BCUT2D eigenvalue weighted by Crippen LogP contribution is 2.50. The van der Waals surface area contributed by atoms with Gasteiger partial charge in [0.2, 0.25) is 5.79 Å². The van der Waals surface area contributed by atoms with Crippen LogP contribution >= 0.6 is 0 Å². The first kappa shape index (κ1) is 15.7. The summed E-state index contributed by atoms with van der Waals surface area (Å²) in [6.07, 6.45) is 3.82. The molecule has 3 saturated heterocycles. The van der Waals surface area contributed by atoms with Crippen molar-refractivity contribution in [3.8, 4) is 0 Å². The van der Waals surface area contributed by atoms with Crippen LogP contribution in [-0.2, 0) is 23.7 Å². The van der Waals surface area contributed by atoms with Gasteiger partial charge in [-0.15, -0.1) is 0 Å². The number of hydrogen-bond acceptors (Lipinski definition) is 5. The molecule has 21 heavy (non-hydrogen) atoms. The normalized spacial score (nSPS) is 43.6. The van der Waals surface area contributed by atoms with Crippen LogP contribution in [0, 0.1) is 0 Å². The van der Waals surface area contributed by atoms with Crippen molar-refractivity contribution in [1.82, 2.24) is 0 Å². The average molecular weight is 300 g/mol. The minimum Gasteiger partial charge on any atom is -0.348 e. The lowest BCUT2D eigenvalue weighted by Crippen LogP contribution is -2.51. The SMILES string of the molecule is CCCCCC12OC3COC(C)(C)OC3C1OC(C)(C)O2. The first-order valence-electron chi connectivity index (χ1n) is 8.14. The second-order valence-corrected chi connectivity index (χ2v) is 7.26. The summed E-state index contributed by atoms with van der Waals surface area (Å²) in [5, 5.41) is 0. The molecule has 3 heterocycles. The number of rotatable bonds is 4. The van der Waals surface area contributed by atoms with Gasteiger partial charge in [0.15, 0.2) is 11.6 Å². The molecule has 5 heteroatoms. The molecule has 0 aliphatic carbocycles. The largest absolute Gasteiger partial charge is 0.348 e.